The zero-order valence-electron chi connectivity index (χ0n) is 11.2. The summed E-state index contributed by atoms with van der Waals surface area (Å²) < 4.78 is 11.4. The number of primary amides is 1. The molecule has 0 atom stereocenters. The van der Waals surface area contributed by atoms with Gasteiger partial charge in [0.1, 0.15) is 5.82 Å². The highest BCUT2D eigenvalue weighted by Gasteiger charge is 2.40. The molecule has 2 aliphatic heterocycles. The van der Waals surface area contributed by atoms with E-state index in [0.29, 0.717) is 43.4 Å². The van der Waals surface area contributed by atoms with Gasteiger partial charge in [0.05, 0.1) is 30.7 Å². The Morgan fingerprint density at radius 3 is 2.55 bits per heavy atom. The molecule has 4 N–H and O–H groups in total. The van der Waals surface area contributed by atoms with Gasteiger partial charge >= 0.3 is 0 Å². The minimum atomic E-state index is -0.520. The third-order valence-electron chi connectivity index (χ3n) is 3.79. The van der Waals surface area contributed by atoms with Crippen molar-refractivity contribution in [1.29, 1.82) is 0 Å². The normalized spacial score (nSPS) is 21.3. The molecule has 3 rings (SSSR count). The fourth-order valence-corrected chi connectivity index (χ4v) is 2.75. The molecule has 0 unspecified atom stereocenters. The second kappa shape index (κ2) is 4.92. The molecule has 1 aromatic rings. The summed E-state index contributed by atoms with van der Waals surface area (Å²) in [5.41, 5.74) is 11.8. The number of nitrogens with two attached hydrogens (primary N) is 2. The van der Waals surface area contributed by atoms with Crippen molar-refractivity contribution in [3.8, 4) is 0 Å². The molecule has 1 spiro atoms. The number of pyridine rings is 1. The zero-order chi connectivity index (χ0) is 14.2. The summed E-state index contributed by atoms with van der Waals surface area (Å²) >= 11 is 0. The van der Waals surface area contributed by atoms with Gasteiger partial charge in [-0.1, -0.05) is 0 Å². The van der Waals surface area contributed by atoms with Crippen molar-refractivity contribution in [3.05, 3.63) is 17.8 Å². The maximum absolute atomic E-state index is 11.5. The maximum atomic E-state index is 11.5. The van der Waals surface area contributed by atoms with Crippen molar-refractivity contribution in [1.82, 2.24) is 4.98 Å². The SMILES string of the molecule is NC(=O)c1cc(N)cnc1N1CCC2(CC1)OCCO2. The van der Waals surface area contributed by atoms with E-state index in [1.165, 1.54) is 6.20 Å². The van der Waals surface area contributed by atoms with Crippen LogP contribution in [0.15, 0.2) is 12.3 Å². The van der Waals surface area contributed by atoms with Crippen LogP contribution >= 0.6 is 0 Å². The molecule has 0 bridgehead atoms. The lowest BCUT2D eigenvalue weighted by Gasteiger charge is -2.38. The quantitative estimate of drug-likeness (QED) is 0.795. The molecule has 0 saturated carbocycles. The average molecular weight is 278 g/mol. The topological polar surface area (TPSA) is 104 Å². The smallest absolute Gasteiger partial charge is 0.252 e. The van der Waals surface area contributed by atoms with E-state index in [9.17, 15) is 4.79 Å². The van der Waals surface area contributed by atoms with Gasteiger partial charge in [-0.15, -0.1) is 0 Å². The molecule has 2 saturated heterocycles. The molecule has 2 aliphatic rings. The fraction of sp³-hybridized carbons (Fsp3) is 0.538. The van der Waals surface area contributed by atoms with Crippen LogP contribution in [0, 0.1) is 0 Å². The zero-order valence-corrected chi connectivity index (χ0v) is 11.2. The molecule has 3 heterocycles. The minimum Gasteiger partial charge on any atom is -0.397 e. The Morgan fingerprint density at radius 2 is 1.95 bits per heavy atom. The Hall–Kier alpha value is -1.86. The molecular weight excluding hydrogens is 260 g/mol. The third-order valence-corrected chi connectivity index (χ3v) is 3.79. The van der Waals surface area contributed by atoms with Gasteiger partial charge in [-0.2, -0.15) is 0 Å². The average Bonchev–Trinajstić information content (AvgIpc) is 2.88. The van der Waals surface area contributed by atoms with Crippen LogP contribution in [-0.4, -0.2) is 43.0 Å². The molecular formula is C13H18N4O3. The molecule has 0 radical (unpaired) electrons. The van der Waals surface area contributed by atoms with Crippen LogP contribution in [-0.2, 0) is 9.47 Å². The van der Waals surface area contributed by atoms with Gasteiger partial charge in [0.15, 0.2) is 5.79 Å². The number of rotatable bonds is 2. The van der Waals surface area contributed by atoms with Crippen LogP contribution < -0.4 is 16.4 Å². The Bertz CT molecular complexity index is 518. The van der Waals surface area contributed by atoms with E-state index >= 15 is 0 Å². The minimum absolute atomic E-state index is 0.356. The first-order chi connectivity index (χ1) is 9.60. The number of anilines is 2. The van der Waals surface area contributed by atoms with Gasteiger partial charge in [-0.25, -0.2) is 4.98 Å². The first-order valence-electron chi connectivity index (χ1n) is 6.68. The lowest BCUT2D eigenvalue weighted by molar-refractivity contribution is -0.169. The highest BCUT2D eigenvalue weighted by molar-refractivity contribution is 5.98. The maximum Gasteiger partial charge on any atom is 0.252 e. The molecule has 0 aliphatic carbocycles. The Labute approximate surface area is 116 Å². The number of carbonyl (C=O) groups is 1. The summed E-state index contributed by atoms with van der Waals surface area (Å²) in [7, 11) is 0. The molecule has 1 amide bonds. The van der Waals surface area contributed by atoms with Crippen molar-refractivity contribution in [3.63, 3.8) is 0 Å². The van der Waals surface area contributed by atoms with Crippen molar-refractivity contribution in [2.75, 3.05) is 36.9 Å². The summed E-state index contributed by atoms with van der Waals surface area (Å²) in [5, 5.41) is 0. The number of piperidine rings is 1. The molecule has 1 aromatic heterocycles. The van der Waals surface area contributed by atoms with Crippen molar-refractivity contribution >= 4 is 17.4 Å². The summed E-state index contributed by atoms with van der Waals surface area (Å²) in [4.78, 5) is 17.8. The largest absolute Gasteiger partial charge is 0.397 e. The summed E-state index contributed by atoms with van der Waals surface area (Å²) in [5.74, 6) is -0.384. The van der Waals surface area contributed by atoms with Gasteiger partial charge in [0, 0.05) is 25.9 Å². The molecule has 108 valence electrons. The number of ether oxygens (including phenoxy) is 2. The van der Waals surface area contributed by atoms with E-state index in [1.54, 1.807) is 6.07 Å². The van der Waals surface area contributed by atoms with Crippen LogP contribution in [0.25, 0.3) is 0 Å². The predicted octanol–water partition coefficient (Wildman–Crippen LogP) is 0.106. The second-order valence-electron chi connectivity index (χ2n) is 5.10. The highest BCUT2D eigenvalue weighted by atomic mass is 16.7. The first-order valence-corrected chi connectivity index (χ1v) is 6.68. The van der Waals surface area contributed by atoms with Gasteiger partial charge in [-0.3, -0.25) is 4.79 Å². The number of aromatic nitrogens is 1. The van der Waals surface area contributed by atoms with Crippen molar-refractivity contribution in [2.45, 2.75) is 18.6 Å². The van der Waals surface area contributed by atoms with Crippen LogP contribution in [0.4, 0.5) is 11.5 Å². The molecule has 7 heteroatoms. The van der Waals surface area contributed by atoms with Gasteiger partial charge < -0.3 is 25.8 Å². The van der Waals surface area contributed by atoms with Crippen molar-refractivity contribution < 1.29 is 14.3 Å². The van der Waals surface area contributed by atoms with E-state index in [0.717, 1.165) is 12.8 Å². The molecule has 7 nitrogen and oxygen atoms in total. The Morgan fingerprint density at radius 1 is 1.30 bits per heavy atom. The standard InChI is InChI=1S/C13H18N4O3/c14-9-7-10(11(15)18)12(16-8-9)17-3-1-13(2-4-17)19-5-6-20-13/h7-8H,1-6,14H2,(H2,15,18). The van der Waals surface area contributed by atoms with E-state index in [-0.39, 0.29) is 0 Å². The highest BCUT2D eigenvalue weighted by Crippen LogP contribution is 2.33. The van der Waals surface area contributed by atoms with Crippen LogP contribution in [0.1, 0.15) is 23.2 Å². The monoisotopic (exact) mass is 278 g/mol. The lowest BCUT2D eigenvalue weighted by Crippen LogP contribution is -2.46. The molecule has 2 fully saturated rings. The van der Waals surface area contributed by atoms with Crippen LogP contribution in [0.2, 0.25) is 0 Å². The van der Waals surface area contributed by atoms with Gasteiger partial charge in [-0.05, 0) is 6.07 Å². The van der Waals surface area contributed by atoms with E-state index in [4.69, 9.17) is 20.9 Å². The Balaban J connectivity index is 1.79. The predicted molar refractivity (Wildman–Crippen MR) is 73.2 cm³/mol. The summed E-state index contributed by atoms with van der Waals surface area (Å²) in [6.07, 6.45) is 3.03. The number of carbonyl (C=O) groups excluding carboxylic acids is 1. The van der Waals surface area contributed by atoms with Gasteiger partial charge in [0.25, 0.3) is 5.91 Å². The number of nitrogens with zero attached hydrogens (tertiary/aromatic N) is 2. The molecule has 20 heavy (non-hydrogen) atoms. The second-order valence-corrected chi connectivity index (χ2v) is 5.10. The number of amides is 1. The number of hydrogen-bond acceptors (Lipinski definition) is 6. The third kappa shape index (κ3) is 2.30. The van der Waals surface area contributed by atoms with Crippen LogP contribution in [0.3, 0.4) is 0 Å². The summed E-state index contributed by atoms with van der Waals surface area (Å²) in [6.45, 7) is 2.70. The summed E-state index contributed by atoms with van der Waals surface area (Å²) in [6, 6.07) is 1.57. The van der Waals surface area contributed by atoms with Crippen LogP contribution in [0.5, 0.6) is 0 Å². The van der Waals surface area contributed by atoms with E-state index in [2.05, 4.69) is 4.98 Å². The van der Waals surface area contributed by atoms with E-state index in [1.807, 2.05) is 4.90 Å². The molecule has 0 aromatic carbocycles. The number of hydrogen-bond donors (Lipinski definition) is 2. The van der Waals surface area contributed by atoms with Gasteiger partial charge in [0.2, 0.25) is 0 Å². The lowest BCUT2D eigenvalue weighted by atomic mass is 10.0. The fourth-order valence-electron chi connectivity index (χ4n) is 2.75. The van der Waals surface area contributed by atoms with E-state index < -0.39 is 11.7 Å². The Kier molecular flexibility index (Phi) is 3.23. The first kappa shape index (κ1) is 13.1. The van der Waals surface area contributed by atoms with Crippen molar-refractivity contribution in [2.24, 2.45) is 5.73 Å². The number of nitrogen functional groups attached to an aromatic ring is 1.